The van der Waals surface area contributed by atoms with Crippen LogP contribution in [0.15, 0.2) is 84.9 Å². The Morgan fingerprint density at radius 2 is 1.61 bits per heavy atom. The molecule has 0 atom stereocenters. The molecular weight excluding hydrogens is 410 g/mol. The highest BCUT2D eigenvalue weighted by atomic mass is 16.5. The summed E-state index contributed by atoms with van der Waals surface area (Å²) in [5.41, 5.74) is 7.35. The molecule has 0 aliphatic rings. The van der Waals surface area contributed by atoms with E-state index in [4.69, 9.17) is 19.8 Å². The van der Waals surface area contributed by atoms with E-state index in [9.17, 15) is 0 Å². The van der Waals surface area contributed by atoms with E-state index in [1.54, 1.807) is 7.11 Å². The van der Waals surface area contributed by atoms with Gasteiger partial charge in [-0.3, -0.25) is 0 Å². The van der Waals surface area contributed by atoms with Crippen LogP contribution in [0.3, 0.4) is 0 Å². The fraction of sp³-hybridized carbons (Fsp3) is 0.0741. The number of hydrogen-bond donors (Lipinski definition) is 1. The Balaban J connectivity index is 1.64. The monoisotopic (exact) mass is 431 g/mol. The number of methoxy groups -OCH3 is 1. The normalized spacial score (nSPS) is 11.3. The number of hydrogen-bond acceptors (Lipinski definition) is 4. The Bertz CT molecular complexity index is 1560. The smallest absolute Gasteiger partial charge is 0.163 e. The summed E-state index contributed by atoms with van der Waals surface area (Å²) in [5.74, 6) is 1.58. The van der Waals surface area contributed by atoms with Crippen molar-refractivity contribution in [2.45, 2.75) is 6.92 Å². The number of H-pyrrole nitrogens is 1. The topological polar surface area (TPSA) is 68.6 Å². The van der Waals surface area contributed by atoms with Gasteiger partial charge in [0.15, 0.2) is 5.65 Å². The van der Waals surface area contributed by atoms with E-state index in [1.165, 1.54) is 0 Å². The maximum atomic E-state index is 5.36. The molecular formula is C27H21N5O. The minimum Gasteiger partial charge on any atom is -0.497 e. The number of para-hydroxylation sites is 3. The molecule has 0 amide bonds. The zero-order valence-corrected chi connectivity index (χ0v) is 18.3. The minimum atomic E-state index is 0.781. The van der Waals surface area contributed by atoms with Gasteiger partial charge in [-0.25, -0.2) is 14.6 Å². The second-order valence-electron chi connectivity index (χ2n) is 7.92. The van der Waals surface area contributed by atoms with Crippen molar-refractivity contribution in [3.8, 4) is 34.1 Å². The van der Waals surface area contributed by atoms with Gasteiger partial charge in [0, 0.05) is 16.5 Å². The predicted molar refractivity (Wildman–Crippen MR) is 131 cm³/mol. The van der Waals surface area contributed by atoms with E-state index in [0.717, 1.165) is 61.8 Å². The molecule has 6 aromatic rings. The van der Waals surface area contributed by atoms with Crippen molar-refractivity contribution in [2.24, 2.45) is 0 Å². The molecule has 3 aromatic heterocycles. The SMILES string of the molecule is COc1ccc(-c2nc3c(cc2-c2nc4ccccc4[nH]2)c(C)nn3-c2ccccc2)cc1. The zero-order valence-electron chi connectivity index (χ0n) is 18.3. The zero-order chi connectivity index (χ0) is 22.4. The Kier molecular flexibility index (Phi) is 4.43. The lowest BCUT2D eigenvalue weighted by molar-refractivity contribution is 0.415. The molecule has 0 bridgehead atoms. The standard InChI is InChI=1S/C27H21N5O/c1-17-21-16-22(26-28-23-10-6-7-11-24(23)29-26)25(18-12-14-20(33-2)15-13-18)30-27(21)32(31-17)19-8-4-3-5-9-19/h3-16H,1-2H3,(H,28,29). The Labute approximate surface area is 190 Å². The third kappa shape index (κ3) is 3.24. The summed E-state index contributed by atoms with van der Waals surface area (Å²) in [6.45, 7) is 2.01. The van der Waals surface area contributed by atoms with Gasteiger partial charge in [0.05, 0.1) is 35.2 Å². The maximum Gasteiger partial charge on any atom is 0.163 e. The largest absolute Gasteiger partial charge is 0.497 e. The van der Waals surface area contributed by atoms with Crippen LogP contribution in [0.4, 0.5) is 0 Å². The van der Waals surface area contributed by atoms with Crippen molar-refractivity contribution in [2.75, 3.05) is 7.11 Å². The average Bonchev–Trinajstić information content (AvgIpc) is 3.45. The summed E-state index contributed by atoms with van der Waals surface area (Å²) in [6.07, 6.45) is 0. The number of aromatic nitrogens is 5. The van der Waals surface area contributed by atoms with Crippen molar-refractivity contribution in [1.29, 1.82) is 0 Å². The molecule has 0 unspecified atom stereocenters. The molecule has 3 aromatic carbocycles. The van der Waals surface area contributed by atoms with Crippen LogP contribution in [0.2, 0.25) is 0 Å². The average molecular weight is 431 g/mol. The first kappa shape index (κ1) is 19.3. The second-order valence-corrected chi connectivity index (χ2v) is 7.92. The highest BCUT2D eigenvalue weighted by Crippen LogP contribution is 2.35. The van der Waals surface area contributed by atoms with Crippen molar-refractivity contribution >= 4 is 22.1 Å². The lowest BCUT2D eigenvalue weighted by Crippen LogP contribution is -1.99. The number of nitrogens with zero attached hydrogens (tertiary/aromatic N) is 4. The molecule has 0 fully saturated rings. The van der Waals surface area contributed by atoms with Crippen LogP contribution in [0, 0.1) is 6.92 Å². The lowest BCUT2D eigenvalue weighted by Gasteiger charge is -2.10. The van der Waals surface area contributed by atoms with E-state index >= 15 is 0 Å². The third-order valence-electron chi connectivity index (χ3n) is 5.85. The molecule has 0 aliphatic heterocycles. The molecule has 160 valence electrons. The second kappa shape index (κ2) is 7.60. The van der Waals surface area contributed by atoms with Crippen molar-refractivity contribution in [3.05, 3.63) is 90.6 Å². The van der Waals surface area contributed by atoms with Gasteiger partial charge in [-0.2, -0.15) is 5.10 Å². The van der Waals surface area contributed by atoms with Crippen LogP contribution in [0.5, 0.6) is 5.75 Å². The fourth-order valence-corrected chi connectivity index (χ4v) is 4.16. The first-order valence-corrected chi connectivity index (χ1v) is 10.8. The first-order valence-electron chi connectivity index (χ1n) is 10.8. The van der Waals surface area contributed by atoms with Gasteiger partial charge in [-0.05, 0) is 61.5 Å². The molecule has 6 rings (SSSR count). The van der Waals surface area contributed by atoms with Crippen LogP contribution in [-0.2, 0) is 0 Å². The third-order valence-corrected chi connectivity index (χ3v) is 5.85. The highest BCUT2D eigenvalue weighted by molar-refractivity contribution is 5.92. The Hall–Kier alpha value is -4.45. The van der Waals surface area contributed by atoms with Crippen LogP contribution < -0.4 is 4.74 Å². The molecule has 0 saturated carbocycles. The first-order chi connectivity index (χ1) is 16.2. The van der Waals surface area contributed by atoms with Crippen LogP contribution in [-0.4, -0.2) is 31.8 Å². The van der Waals surface area contributed by atoms with E-state index in [2.05, 4.69) is 11.1 Å². The summed E-state index contributed by atoms with van der Waals surface area (Å²) >= 11 is 0. The molecule has 0 saturated heterocycles. The molecule has 6 heteroatoms. The quantitative estimate of drug-likeness (QED) is 0.375. The molecule has 0 spiro atoms. The van der Waals surface area contributed by atoms with Gasteiger partial charge in [0.1, 0.15) is 11.6 Å². The number of imidazole rings is 1. The lowest BCUT2D eigenvalue weighted by atomic mass is 10.0. The Morgan fingerprint density at radius 3 is 2.36 bits per heavy atom. The predicted octanol–water partition coefficient (Wildman–Crippen LogP) is 5.95. The maximum absolute atomic E-state index is 5.36. The number of nitrogens with one attached hydrogen (secondary N) is 1. The molecule has 6 nitrogen and oxygen atoms in total. The van der Waals surface area contributed by atoms with Crippen molar-refractivity contribution in [3.63, 3.8) is 0 Å². The summed E-state index contributed by atoms with van der Waals surface area (Å²) in [6, 6.07) is 28.2. The number of fused-ring (bicyclic) bond motifs is 2. The molecule has 33 heavy (non-hydrogen) atoms. The van der Waals surface area contributed by atoms with Gasteiger partial charge in [0.25, 0.3) is 0 Å². The number of pyridine rings is 1. The summed E-state index contributed by atoms with van der Waals surface area (Å²) in [5, 5.41) is 5.80. The Morgan fingerprint density at radius 1 is 0.848 bits per heavy atom. The van der Waals surface area contributed by atoms with Gasteiger partial charge < -0.3 is 9.72 Å². The highest BCUT2D eigenvalue weighted by Gasteiger charge is 2.19. The number of aromatic amines is 1. The minimum absolute atomic E-state index is 0.781. The number of rotatable bonds is 4. The van der Waals surface area contributed by atoms with Crippen molar-refractivity contribution in [1.82, 2.24) is 24.7 Å². The van der Waals surface area contributed by atoms with Crippen molar-refractivity contribution < 1.29 is 4.74 Å². The summed E-state index contributed by atoms with van der Waals surface area (Å²) < 4.78 is 7.26. The molecule has 3 heterocycles. The van der Waals surface area contributed by atoms with E-state index in [-0.39, 0.29) is 0 Å². The van der Waals surface area contributed by atoms with Crippen LogP contribution >= 0.6 is 0 Å². The van der Waals surface area contributed by atoms with E-state index in [0.29, 0.717) is 0 Å². The van der Waals surface area contributed by atoms with E-state index < -0.39 is 0 Å². The van der Waals surface area contributed by atoms with Gasteiger partial charge >= 0.3 is 0 Å². The summed E-state index contributed by atoms with van der Waals surface area (Å²) in [7, 11) is 1.67. The number of aryl methyl sites for hydroxylation is 1. The fourth-order valence-electron chi connectivity index (χ4n) is 4.16. The number of ether oxygens (including phenoxy) is 1. The van der Waals surface area contributed by atoms with Gasteiger partial charge in [-0.15, -0.1) is 0 Å². The van der Waals surface area contributed by atoms with Gasteiger partial charge in [-0.1, -0.05) is 30.3 Å². The molecule has 0 aliphatic carbocycles. The van der Waals surface area contributed by atoms with Crippen LogP contribution in [0.1, 0.15) is 5.69 Å². The van der Waals surface area contributed by atoms with E-state index in [1.807, 2.05) is 90.5 Å². The molecule has 0 radical (unpaired) electrons. The van der Waals surface area contributed by atoms with Gasteiger partial charge in [0.2, 0.25) is 0 Å². The summed E-state index contributed by atoms with van der Waals surface area (Å²) in [4.78, 5) is 13.5. The molecule has 1 N–H and O–H groups in total. The number of benzene rings is 3. The van der Waals surface area contributed by atoms with Crippen LogP contribution in [0.25, 0.3) is 50.4 Å².